The number of aryl methyl sites for hydroxylation is 1. The third kappa shape index (κ3) is 2.60. The second-order valence-electron chi connectivity index (χ2n) is 2.50. The van der Waals surface area contributed by atoms with Crippen LogP contribution >= 0.6 is 31.9 Å². The molecule has 0 nitrogen and oxygen atoms in total. The van der Waals surface area contributed by atoms with Gasteiger partial charge in [0.05, 0.1) is 0 Å². The monoisotopic (exact) mass is 276 g/mol. The summed E-state index contributed by atoms with van der Waals surface area (Å²) in [7, 11) is 0. The molecule has 1 aromatic carbocycles. The van der Waals surface area contributed by atoms with Crippen LogP contribution in [-0.4, -0.2) is 0 Å². The molecular formula is C9H10Br2. The molecule has 0 heterocycles. The van der Waals surface area contributed by atoms with Gasteiger partial charge in [0.2, 0.25) is 0 Å². The van der Waals surface area contributed by atoms with Gasteiger partial charge in [-0.05, 0) is 56.0 Å². The Morgan fingerprint density at radius 3 is 2.45 bits per heavy atom. The standard InChI is InChI=1S/C9H10Br2/c1-2-3-7-4-5-8(10)9(11)6-7/h4-6H,2-3H2,1H3. The average molecular weight is 278 g/mol. The zero-order valence-electron chi connectivity index (χ0n) is 6.40. The summed E-state index contributed by atoms with van der Waals surface area (Å²) < 4.78 is 2.26. The molecule has 0 saturated heterocycles. The van der Waals surface area contributed by atoms with Gasteiger partial charge in [0.15, 0.2) is 0 Å². The van der Waals surface area contributed by atoms with Crippen LogP contribution in [0, 0.1) is 0 Å². The van der Waals surface area contributed by atoms with Crippen molar-refractivity contribution in [1.82, 2.24) is 0 Å². The fourth-order valence-electron chi connectivity index (χ4n) is 0.984. The highest BCUT2D eigenvalue weighted by atomic mass is 79.9. The van der Waals surface area contributed by atoms with E-state index in [-0.39, 0.29) is 0 Å². The molecule has 0 amide bonds. The second-order valence-corrected chi connectivity index (χ2v) is 4.21. The molecule has 1 rings (SSSR count). The van der Waals surface area contributed by atoms with Crippen LogP contribution in [0.25, 0.3) is 0 Å². The second kappa shape index (κ2) is 4.27. The van der Waals surface area contributed by atoms with E-state index < -0.39 is 0 Å². The van der Waals surface area contributed by atoms with Crippen molar-refractivity contribution >= 4 is 31.9 Å². The SMILES string of the molecule is CCCc1ccc(Br)c(Br)c1. The van der Waals surface area contributed by atoms with Gasteiger partial charge in [0.25, 0.3) is 0 Å². The molecule has 0 aromatic heterocycles. The highest BCUT2D eigenvalue weighted by Crippen LogP contribution is 2.24. The molecule has 0 spiro atoms. The van der Waals surface area contributed by atoms with Crippen LogP contribution in [0.15, 0.2) is 27.1 Å². The maximum absolute atomic E-state index is 3.47. The van der Waals surface area contributed by atoms with Gasteiger partial charge in [-0.3, -0.25) is 0 Å². The number of hydrogen-bond acceptors (Lipinski definition) is 0. The van der Waals surface area contributed by atoms with Gasteiger partial charge >= 0.3 is 0 Å². The first-order chi connectivity index (χ1) is 5.24. The Balaban J connectivity index is 2.86. The van der Waals surface area contributed by atoms with Crippen molar-refractivity contribution in [2.24, 2.45) is 0 Å². The first-order valence-corrected chi connectivity index (χ1v) is 5.26. The lowest BCUT2D eigenvalue weighted by atomic mass is 10.1. The van der Waals surface area contributed by atoms with E-state index in [2.05, 4.69) is 57.0 Å². The smallest absolute Gasteiger partial charge is 0.0320 e. The Labute approximate surface area is 84.3 Å². The molecule has 0 N–H and O–H groups in total. The lowest BCUT2D eigenvalue weighted by Crippen LogP contribution is -1.82. The number of benzene rings is 1. The minimum atomic E-state index is 1.12. The van der Waals surface area contributed by atoms with Crippen LogP contribution < -0.4 is 0 Å². The van der Waals surface area contributed by atoms with Gasteiger partial charge in [0.1, 0.15) is 0 Å². The largest absolute Gasteiger partial charge is 0.0651 e. The predicted molar refractivity (Wildman–Crippen MR) is 55.8 cm³/mol. The summed E-state index contributed by atoms with van der Waals surface area (Å²) in [5, 5.41) is 0. The van der Waals surface area contributed by atoms with Crippen LogP contribution in [-0.2, 0) is 6.42 Å². The molecule has 0 aliphatic heterocycles. The first-order valence-electron chi connectivity index (χ1n) is 3.68. The molecule has 0 aliphatic rings. The quantitative estimate of drug-likeness (QED) is 0.761. The normalized spacial score (nSPS) is 10.1. The molecule has 11 heavy (non-hydrogen) atoms. The van der Waals surface area contributed by atoms with Gasteiger partial charge in [-0.15, -0.1) is 0 Å². The fourth-order valence-corrected chi connectivity index (χ4v) is 1.66. The van der Waals surface area contributed by atoms with E-state index in [9.17, 15) is 0 Å². The van der Waals surface area contributed by atoms with Gasteiger partial charge in [-0.25, -0.2) is 0 Å². The van der Waals surface area contributed by atoms with Crippen molar-refractivity contribution in [3.63, 3.8) is 0 Å². The maximum atomic E-state index is 3.47. The number of rotatable bonds is 2. The van der Waals surface area contributed by atoms with E-state index in [0.717, 1.165) is 15.4 Å². The Hall–Kier alpha value is 0.180. The number of halogens is 2. The maximum Gasteiger partial charge on any atom is 0.0320 e. The summed E-state index contributed by atoms with van der Waals surface area (Å²) in [5.41, 5.74) is 1.39. The van der Waals surface area contributed by atoms with Crippen LogP contribution in [0.4, 0.5) is 0 Å². The number of hydrogen-bond donors (Lipinski definition) is 0. The Morgan fingerprint density at radius 2 is 1.91 bits per heavy atom. The Kier molecular flexibility index (Phi) is 3.60. The highest BCUT2D eigenvalue weighted by molar-refractivity contribution is 9.13. The molecule has 1 aromatic rings. The summed E-state index contributed by atoms with van der Waals surface area (Å²) in [6.45, 7) is 2.19. The molecular weight excluding hydrogens is 268 g/mol. The molecule has 0 atom stereocenters. The zero-order valence-corrected chi connectivity index (χ0v) is 9.57. The van der Waals surface area contributed by atoms with Crippen LogP contribution in [0.3, 0.4) is 0 Å². The van der Waals surface area contributed by atoms with Crippen LogP contribution in [0.5, 0.6) is 0 Å². The Bertz CT molecular complexity index is 243. The van der Waals surface area contributed by atoms with Crippen molar-refractivity contribution in [3.8, 4) is 0 Å². The van der Waals surface area contributed by atoms with E-state index in [0.29, 0.717) is 0 Å². The van der Waals surface area contributed by atoms with E-state index in [1.54, 1.807) is 0 Å². The summed E-state index contributed by atoms with van der Waals surface area (Å²) in [6, 6.07) is 6.39. The van der Waals surface area contributed by atoms with E-state index in [1.807, 2.05) is 0 Å². The summed E-state index contributed by atoms with van der Waals surface area (Å²) in [5.74, 6) is 0. The summed E-state index contributed by atoms with van der Waals surface area (Å²) in [4.78, 5) is 0. The lowest BCUT2D eigenvalue weighted by Gasteiger charge is -2.00. The molecule has 0 saturated carbocycles. The molecule has 0 radical (unpaired) electrons. The van der Waals surface area contributed by atoms with Crippen molar-refractivity contribution in [3.05, 3.63) is 32.7 Å². The minimum absolute atomic E-state index is 1.12. The van der Waals surface area contributed by atoms with Crippen molar-refractivity contribution < 1.29 is 0 Å². The minimum Gasteiger partial charge on any atom is -0.0651 e. The summed E-state index contributed by atoms with van der Waals surface area (Å²) >= 11 is 6.90. The van der Waals surface area contributed by atoms with Crippen LogP contribution in [0.2, 0.25) is 0 Å². The van der Waals surface area contributed by atoms with Gasteiger partial charge in [-0.2, -0.15) is 0 Å². The van der Waals surface area contributed by atoms with Crippen molar-refractivity contribution in [2.75, 3.05) is 0 Å². The predicted octanol–water partition coefficient (Wildman–Crippen LogP) is 4.16. The van der Waals surface area contributed by atoms with Gasteiger partial charge in [0, 0.05) is 8.95 Å². The topological polar surface area (TPSA) is 0 Å². The third-order valence-electron chi connectivity index (χ3n) is 1.52. The fraction of sp³-hybridized carbons (Fsp3) is 0.333. The molecule has 0 fully saturated rings. The highest BCUT2D eigenvalue weighted by Gasteiger charge is 1.96. The van der Waals surface area contributed by atoms with Gasteiger partial charge in [-0.1, -0.05) is 19.4 Å². The molecule has 60 valence electrons. The third-order valence-corrected chi connectivity index (χ3v) is 3.40. The molecule has 0 unspecified atom stereocenters. The zero-order chi connectivity index (χ0) is 8.27. The summed E-state index contributed by atoms with van der Waals surface area (Å²) in [6.07, 6.45) is 2.36. The van der Waals surface area contributed by atoms with Crippen molar-refractivity contribution in [2.45, 2.75) is 19.8 Å². The first kappa shape index (κ1) is 9.27. The van der Waals surface area contributed by atoms with Crippen LogP contribution in [0.1, 0.15) is 18.9 Å². The lowest BCUT2D eigenvalue weighted by molar-refractivity contribution is 0.920. The van der Waals surface area contributed by atoms with E-state index in [4.69, 9.17) is 0 Å². The molecule has 0 bridgehead atoms. The van der Waals surface area contributed by atoms with Crippen molar-refractivity contribution in [1.29, 1.82) is 0 Å². The average Bonchev–Trinajstić information content (AvgIpc) is 1.98. The Morgan fingerprint density at radius 1 is 1.18 bits per heavy atom. The van der Waals surface area contributed by atoms with Gasteiger partial charge < -0.3 is 0 Å². The molecule has 2 heteroatoms. The van der Waals surface area contributed by atoms with E-state index in [1.165, 1.54) is 12.0 Å². The van der Waals surface area contributed by atoms with E-state index >= 15 is 0 Å². The molecule has 0 aliphatic carbocycles.